The van der Waals surface area contributed by atoms with Crippen LogP contribution in [-0.4, -0.2) is 23.0 Å². The molecule has 0 fully saturated rings. The van der Waals surface area contributed by atoms with Crippen LogP contribution in [0.3, 0.4) is 0 Å². The van der Waals surface area contributed by atoms with Gasteiger partial charge in [-0.3, -0.25) is 4.79 Å². The van der Waals surface area contributed by atoms with Crippen LogP contribution >= 0.6 is 0 Å². The van der Waals surface area contributed by atoms with Gasteiger partial charge in [0.15, 0.2) is 0 Å². The molecule has 0 aromatic carbocycles. The number of nitrogens with zero attached hydrogens (tertiary/aromatic N) is 2. The van der Waals surface area contributed by atoms with E-state index < -0.39 is 0 Å². The van der Waals surface area contributed by atoms with Gasteiger partial charge in [-0.1, -0.05) is 0 Å². The number of hydrogen-bond acceptors (Lipinski definition) is 4. The van der Waals surface area contributed by atoms with Crippen molar-refractivity contribution < 1.29 is 9.53 Å². The van der Waals surface area contributed by atoms with E-state index in [0.29, 0.717) is 5.69 Å². The van der Waals surface area contributed by atoms with E-state index in [9.17, 15) is 4.79 Å². The second-order valence-corrected chi connectivity index (χ2v) is 2.40. The largest absolute Gasteiger partial charge is 0.469 e. The lowest BCUT2D eigenvalue weighted by Crippen LogP contribution is -2.06. The van der Waals surface area contributed by atoms with Gasteiger partial charge in [0.1, 0.15) is 6.33 Å². The predicted octanol–water partition coefficient (Wildman–Crippen LogP) is 0.501. The topological polar surface area (TPSA) is 52.1 Å². The highest BCUT2D eigenvalue weighted by Crippen LogP contribution is 1.98. The van der Waals surface area contributed by atoms with Crippen molar-refractivity contribution in [3.63, 3.8) is 0 Å². The third-order valence-electron chi connectivity index (χ3n) is 1.41. The van der Waals surface area contributed by atoms with Gasteiger partial charge in [-0.05, 0) is 13.0 Å². The van der Waals surface area contributed by atoms with Gasteiger partial charge in [-0.15, -0.1) is 0 Å². The SMILES string of the molecule is COC(=O)Cc1cc(C)ncn1. The first-order valence-electron chi connectivity index (χ1n) is 3.56. The zero-order valence-electron chi connectivity index (χ0n) is 7.07. The standard InChI is InChI=1S/C8H10N2O2/c1-6-3-7(10-5-9-6)4-8(11)12-2/h3,5H,4H2,1-2H3. The minimum atomic E-state index is -0.284. The van der Waals surface area contributed by atoms with Crippen LogP contribution in [0.25, 0.3) is 0 Å². The van der Waals surface area contributed by atoms with E-state index in [1.54, 1.807) is 6.07 Å². The summed E-state index contributed by atoms with van der Waals surface area (Å²) in [7, 11) is 1.36. The minimum absolute atomic E-state index is 0.208. The maximum Gasteiger partial charge on any atom is 0.311 e. The van der Waals surface area contributed by atoms with Crippen LogP contribution in [0.1, 0.15) is 11.4 Å². The zero-order chi connectivity index (χ0) is 8.97. The summed E-state index contributed by atoms with van der Waals surface area (Å²) in [6.07, 6.45) is 1.65. The van der Waals surface area contributed by atoms with E-state index >= 15 is 0 Å². The second kappa shape index (κ2) is 3.80. The molecule has 0 aliphatic carbocycles. The summed E-state index contributed by atoms with van der Waals surface area (Å²) >= 11 is 0. The Kier molecular flexibility index (Phi) is 2.74. The summed E-state index contributed by atoms with van der Waals surface area (Å²) in [6.45, 7) is 1.85. The van der Waals surface area contributed by atoms with Crippen molar-refractivity contribution in [2.75, 3.05) is 7.11 Å². The number of methoxy groups -OCH3 is 1. The van der Waals surface area contributed by atoms with Crippen molar-refractivity contribution in [1.82, 2.24) is 9.97 Å². The van der Waals surface area contributed by atoms with Gasteiger partial charge in [-0.2, -0.15) is 0 Å². The molecule has 1 aromatic rings. The van der Waals surface area contributed by atoms with Crippen molar-refractivity contribution in [3.05, 3.63) is 23.8 Å². The molecule has 1 rings (SSSR count). The number of aryl methyl sites for hydroxylation is 1. The first-order valence-corrected chi connectivity index (χ1v) is 3.56. The lowest BCUT2D eigenvalue weighted by Gasteiger charge is -1.98. The summed E-state index contributed by atoms with van der Waals surface area (Å²) in [5, 5.41) is 0. The predicted molar refractivity (Wildman–Crippen MR) is 42.5 cm³/mol. The molecule has 4 nitrogen and oxygen atoms in total. The Hall–Kier alpha value is -1.45. The number of esters is 1. The molecule has 0 aliphatic heterocycles. The Morgan fingerprint density at radius 2 is 2.33 bits per heavy atom. The second-order valence-electron chi connectivity index (χ2n) is 2.40. The van der Waals surface area contributed by atoms with E-state index in [4.69, 9.17) is 0 Å². The van der Waals surface area contributed by atoms with Gasteiger partial charge in [0.05, 0.1) is 19.2 Å². The van der Waals surface area contributed by atoms with Gasteiger partial charge in [0.2, 0.25) is 0 Å². The average molecular weight is 166 g/mol. The molecule has 0 unspecified atom stereocenters. The molecular weight excluding hydrogens is 156 g/mol. The maximum atomic E-state index is 10.8. The summed E-state index contributed by atoms with van der Waals surface area (Å²) < 4.78 is 4.49. The Morgan fingerprint density at radius 1 is 1.58 bits per heavy atom. The Bertz CT molecular complexity index is 286. The first-order chi connectivity index (χ1) is 5.72. The molecule has 0 aliphatic rings. The van der Waals surface area contributed by atoms with Crippen LogP contribution in [-0.2, 0) is 16.0 Å². The molecule has 1 aromatic heterocycles. The number of aromatic nitrogens is 2. The minimum Gasteiger partial charge on any atom is -0.469 e. The zero-order valence-corrected chi connectivity index (χ0v) is 7.07. The molecule has 4 heteroatoms. The Labute approximate surface area is 70.6 Å². The van der Waals surface area contributed by atoms with Crippen LogP contribution in [0.5, 0.6) is 0 Å². The number of rotatable bonds is 2. The van der Waals surface area contributed by atoms with Gasteiger partial charge < -0.3 is 4.74 Å². The Balaban J connectivity index is 2.69. The van der Waals surface area contributed by atoms with Crippen molar-refractivity contribution in [3.8, 4) is 0 Å². The summed E-state index contributed by atoms with van der Waals surface area (Å²) in [5.41, 5.74) is 1.54. The van der Waals surface area contributed by atoms with Crippen molar-refractivity contribution in [2.24, 2.45) is 0 Å². The lowest BCUT2D eigenvalue weighted by atomic mass is 10.3. The van der Waals surface area contributed by atoms with Crippen LogP contribution in [0.4, 0.5) is 0 Å². The highest BCUT2D eigenvalue weighted by molar-refractivity contribution is 5.71. The molecule has 0 spiro atoms. The molecule has 12 heavy (non-hydrogen) atoms. The first kappa shape index (κ1) is 8.64. The monoisotopic (exact) mass is 166 g/mol. The molecule has 0 amide bonds. The molecule has 0 atom stereocenters. The van der Waals surface area contributed by atoms with Gasteiger partial charge >= 0.3 is 5.97 Å². The van der Waals surface area contributed by atoms with Crippen LogP contribution in [0.15, 0.2) is 12.4 Å². The van der Waals surface area contributed by atoms with E-state index in [1.165, 1.54) is 13.4 Å². The fraction of sp³-hybridized carbons (Fsp3) is 0.375. The van der Waals surface area contributed by atoms with Crippen LogP contribution < -0.4 is 0 Å². The highest BCUT2D eigenvalue weighted by Gasteiger charge is 2.03. The normalized spacial score (nSPS) is 9.50. The van der Waals surface area contributed by atoms with Gasteiger partial charge in [0, 0.05) is 5.69 Å². The lowest BCUT2D eigenvalue weighted by molar-refractivity contribution is -0.139. The smallest absolute Gasteiger partial charge is 0.311 e. The molecule has 0 N–H and O–H groups in total. The number of ether oxygens (including phenoxy) is 1. The average Bonchev–Trinajstić information content (AvgIpc) is 2.04. The molecule has 0 saturated heterocycles. The molecule has 1 heterocycles. The van der Waals surface area contributed by atoms with Gasteiger partial charge in [-0.25, -0.2) is 9.97 Å². The highest BCUT2D eigenvalue weighted by atomic mass is 16.5. The Morgan fingerprint density at radius 3 is 2.92 bits per heavy atom. The fourth-order valence-electron chi connectivity index (χ4n) is 0.826. The van der Waals surface area contributed by atoms with Crippen LogP contribution in [0.2, 0.25) is 0 Å². The molecule has 0 radical (unpaired) electrons. The summed E-state index contributed by atoms with van der Waals surface area (Å²) in [6, 6.07) is 1.76. The van der Waals surface area contributed by atoms with Crippen molar-refractivity contribution in [1.29, 1.82) is 0 Å². The summed E-state index contributed by atoms with van der Waals surface area (Å²) in [5.74, 6) is -0.284. The number of carbonyl (C=O) groups is 1. The van der Waals surface area contributed by atoms with Gasteiger partial charge in [0.25, 0.3) is 0 Å². The third-order valence-corrected chi connectivity index (χ3v) is 1.41. The quantitative estimate of drug-likeness (QED) is 0.600. The van der Waals surface area contributed by atoms with Crippen molar-refractivity contribution >= 4 is 5.97 Å². The van der Waals surface area contributed by atoms with Crippen molar-refractivity contribution in [2.45, 2.75) is 13.3 Å². The maximum absolute atomic E-state index is 10.8. The molecule has 0 bridgehead atoms. The number of hydrogen-bond donors (Lipinski definition) is 0. The van der Waals surface area contributed by atoms with E-state index in [-0.39, 0.29) is 12.4 Å². The molecular formula is C8H10N2O2. The summed E-state index contributed by atoms with van der Waals surface area (Å²) in [4.78, 5) is 18.6. The fourth-order valence-corrected chi connectivity index (χ4v) is 0.826. The van der Waals surface area contributed by atoms with E-state index in [1.807, 2.05) is 6.92 Å². The number of carbonyl (C=O) groups excluding carboxylic acids is 1. The molecule has 64 valence electrons. The van der Waals surface area contributed by atoms with Crippen LogP contribution in [0, 0.1) is 6.92 Å². The third kappa shape index (κ3) is 2.30. The molecule has 0 saturated carbocycles. The van der Waals surface area contributed by atoms with E-state index in [2.05, 4.69) is 14.7 Å². The van der Waals surface area contributed by atoms with E-state index in [0.717, 1.165) is 5.69 Å².